The van der Waals surface area contributed by atoms with Crippen molar-refractivity contribution in [1.82, 2.24) is 4.31 Å². The van der Waals surface area contributed by atoms with Crippen LogP contribution in [0.1, 0.15) is 17.5 Å². The average Bonchev–Trinajstić information content (AvgIpc) is 2.24. The van der Waals surface area contributed by atoms with Gasteiger partial charge in [-0.05, 0) is 25.5 Å². The van der Waals surface area contributed by atoms with E-state index in [9.17, 15) is 13.2 Å². The summed E-state index contributed by atoms with van der Waals surface area (Å²) in [5.74, 6) is -1.02. The van der Waals surface area contributed by atoms with Gasteiger partial charge in [0.25, 0.3) is 0 Å². The number of aliphatic carboxylic acids is 1. The van der Waals surface area contributed by atoms with Gasteiger partial charge in [-0.15, -0.1) is 0 Å². The van der Waals surface area contributed by atoms with E-state index in [1.807, 2.05) is 6.92 Å². The molecule has 1 rings (SSSR count). The molecule has 0 spiro atoms. The lowest BCUT2D eigenvalue weighted by Gasteiger charge is -2.17. The second-order valence-electron chi connectivity index (χ2n) is 4.24. The Balaban J connectivity index is 3.02. The van der Waals surface area contributed by atoms with E-state index in [2.05, 4.69) is 0 Å². The molecule has 0 unspecified atom stereocenters. The Morgan fingerprint density at radius 2 is 1.94 bits per heavy atom. The monoisotopic (exact) mass is 271 g/mol. The molecule has 0 aliphatic rings. The SMILES string of the molecule is Cc1ccc(S(=O)(=O)N(C)CCC(=O)O)c(C)c1. The Hall–Kier alpha value is -1.40. The minimum Gasteiger partial charge on any atom is -0.481 e. The molecular weight excluding hydrogens is 254 g/mol. The molecule has 0 fully saturated rings. The van der Waals surface area contributed by atoms with Crippen LogP contribution in [0.15, 0.2) is 23.1 Å². The van der Waals surface area contributed by atoms with Crippen LogP contribution in [-0.4, -0.2) is 37.4 Å². The van der Waals surface area contributed by atoms with E-state index in [1.54, 1.807) is 25.1 Å². The number of carboxylic acids is 1. The molecule has 0 bridgehead atoms. The summed E-state index contributed by atoms with van der Waals surface area (Å²) < 4.78 is 25.5. The maximum absolute atomic E-state index is 12.2. The van der Waals surface area contributed by atoms with Gasteiger partial charge in [0.15, 0.2) is 0 Å². The average molecular weight is 271 g/mol. The highest BCUT2D eigenvalue weighted by Gasteiger charge is 2.22. The normalized spacial score (nSPS) is 11.8. The van der Waals surface area contributed by atoms with Gasteiger partial charge < -0.3 is 5.11 Å². The zero-order valence-corrected chi connectivity index (χ0v) is 11.5. The van der Waals surface area contributed by atoms with Gasteiger partial charge >= 0.3 is 5.97 Å². The topological polar surface area (TPSA) is 74.7 Å². The van der Waals surface area contributed by atoms with Crippen molar-refractivity contribution in [1.29, 1.82) is 0 Å². The number of hydrogen-bond donors (Lipinski definition) is 1. The summed E-state index contributed by atoms with van der Waals surface area (Å²) >= 11 is 0. The standard InChI is InChI=1S/C12H17NO4S/c1-9-4-5-11(10(2)8-9)18(16,17)13(3)7-6-12(14)15/h4-5,8H,6-7H2,1-3H3,(H,14,15). The summed E-state index contributed by atoms with van der Waals surface area (Å²) in [6.45, 7) is 3.58. The van der Waals surface area contributed by atoms with E-state index >= 15 is 0 Å². The summed E-state index contributed by atoms with van der Waals surface area (Å²) in [5, 5.41) is 8.57. The molecular formula is C12H17NO4S. The minimum absolute atomic E-state index is 0.0367. The van der Waals surface area contributed by atoms with Crippen LogP contribution < -0.4 is 0 Å². The van der Waals surface area contributed by atoms with Crippen LogP contribution in [0.2, 0.25) is 0 Å². The van der Waals surface area contributed by atoms with Gasteiger partial charge in [-0.1, -0.05) is 17.7 Å². The summed E-state index contributed by atoms with van der Waals surface area (Å²) in [4.78, 5) is 10.7. The number of carboxylic acid groups (broad SMARTS) is 1. The second-order valence-corrected chi connectivity index (χ2v) is 6.25. The van der Waals surface area contributed by atoms with Crippen LogP contribution in [0, 0.1) is 13.8 Å². The fourth-order valence-corrected chi connectivity index (χ4v) is 3.00. The molecule has 0 aliphatic carbocycles. The molecule has 5 nitrogen and oxygen atoms in total. The van der Waals surface area contributed by atoms with Crippen molar-refractivity contribution in [3.8, 4) is 0 Å². The number of nitrogens with zero attached hydrogens (tertiary/aromatic N) is 1. The third-order valence-electron chi connectivity index (χ3n) is 2.66. The Kier molecular flexibility index (Phi) is 4.48. The predicted octanol–water partition coefficient (Wildman–Crippen LogP) is 1.40. The molecule has 0 heterocycles. The molecule has 0 saturated carbocycles. The van der Waals surface area contributed by atoms with Crippen LogP contribution in [-0.2, 0) is 14.8 Å². The van der Waals surface area contributed by atoms with Gasteiger partial charge in [-0.2, -0.15) is 0 Å². The van der Waals surface area contributed by atoms with Gasteiger partial charge in [0.05, 0.1) is 11.3 Å². The zero-order chi connectivity index (χ0) is 13.9. The lowest BCUT2D eigenvalue weighted by molar-refractivity contribution is -0.137. The molecule has 100 valence electrons. The summed E-state index contributed by atoms with van der Waals surface area (Å²) in [7, 11) is -2.23. The third-order valence-corrected chi connectivity index (χ3v) is 4.68. The van der Waals surface area contributed by atoms with Crippen molar-refractivity contribution >= 4 is 16.0 Å². The van der Waals surface area contributed by atoms with E-state index in [-0.39, 0.29) is 17.9 Å². The number of rotatable bonds is 5. The quantitative estimate of drug-likeness (QED) is 0.878. The Morgan fingerprint density at radius 3 is 2.44 bits per heavy atom. The Morgan fingerprint density at radius 1 is 1.33 bits per heavy atom. The maximum atomic E-state index is 12.2. The Bertz CT molecular complexity index is 551. The van der Waals surface area contributed by atoms with E-state index in [0.29, 0.717) is 5.56 Å². The molecule has 0 radical (unpaired) electrons. The number of hydrogen-bond acceptors (Lipinski definition) is 3. The molecule has 0 atom stereocenters. The van der Waals surface area contributed by atoms with Crippen LogP contribution >= 0.6 is 0 Å². The van der Waals surface area contributed by atoms with Crippen LogP contribution in [0.4, 0.5) is 0 Å². The number of benzene rings is 1. The summed E-state index contributed by atoms with van der Waals surface area (Å²) in [6.07, 6.45) is -0.208. The van der Waals surface area contributed by atoms with Crippen LogP contribution in [0.5, 0.6) is 0 Å². The molecule has 1 N–H and O–H groups in total. The molecule has 0 amide bonds. The molecule has 6 heteroatoms. The van der Waals surface area contributed by atoms with Gasteiger partial charge in [0, 0.05) is 13.6 Å². The minimum atomic E-state index is -3.61. The highest BCUT2D eigenvalue weighted by Crippen LogP contribution is 2.20. The second kappa shape index (κ2) is 5.49. The van der Waals surface area contributed by atoms with Gasteiger partial charge in [-0.25, -0.2) is 12.7 Å². The highest BCUT2D eigenvalue weighted by atomic mass is 32.2. The molecule has 18 heavy (non-hydrogen) atoms. The summed E-state index contributed by atoms with van der Waals surface area (Å²) in [6, 6.07) is 5.07. The van der Waals surface area contributed by atoms with Crippen molar-refractivity contribution in [2.24, 2.45) is 0 Å². The first-order valence-electron chi connectivity index (χ1n) is 5.50. The van der Waals surface area contributed by atoms with Crippen LogP contribution in [0.25, 0.3) is 0 Å². The first-order valence-corrected chi connectivity index (χ1v) is 6.94. The Labute approximate surface area is 107 Å². The van der Waals surface area contributed by atoms with Crippen molar-refractivity contribution in [2.75, 3.05) is 13.6 Å². The lowest BCUT2D eigenvalue weighted by atomic mass is 10.2. The number of aryl methyl sites for hydroxylation is 2. The maximum Gasteiger partial charge on any atom is 0.304 e. The number of sulfonamides is 1. The van der Waals surface area contributed by atoms with E-state index in [4.69, 9.17) is 5.11 Å². The van der Waals surface area contributed by atoms with E-state index in [0.717, 1.165) is 9.87 Å². The van der Waals surface area contributed by atoms with Gasteiger partial charge in [-0.3, -0.25) is 4.79 Å². The third kappa shape index (κ3) is 3.30. The molecule has 0 aromatic heterocycles. The van der Waals surface area contributed by atoms with Crippen molar-refractivity contribution in [2.45, 2.75) is 25.2 Å². The summed E-state index contributed by atoms with van der Waals surface area (Å²) in [5.41, 5.74) is 1.65. The highest BCUT2D eigenvalue weighted by molar-refractivity contribution is 7.89. The first kappa shape index (κ1) is 14.7. The smallest absolute Gasteiger partial charge is 0.304 e. The number of carbonyl (C=O) groups is 1. The fraction of sp³-hybridized carbons (Fsp3) is 0.417. The van der Waals surface area contributed by atoms with Crippen molar-refractivity contribution in [3.05, 3.63) is 29.3 Å². The first-order chi connectivity index (χ1) is 8.25. The van der Waals surface area contributed by atoms with Gasteiger partial charge in [0.2, 0.25) is 10.0 Å². The molecule has 0 aliphatic heterocycles. The molecule has 1 aromatic rings. The lowest BCUT2D eigenvalue weighted by Crippen LogP contribution is -2.29. The van der Waals surface area contributed by atoms with Crippen molar-refractivity contribution < 1.29 is 18.3 Å². The van der Waals surface area contributed by atoms with Crippen molar-refractivity contribution in [3.63, 3.8) is 0 Å². The van der Waals surface area contributed by atoms with Crippen LogP contribution in [0.3, 0.4) is 0 Å². The molecule has 1 aromatic carbocycles. The van der Waals surface area contributed by atoms with E-state index < -0.39 is 16.0 Å². The largest absolute Gasteiger partial charge is 0.481 e. The van der Waals surface area contributed by atoms with E-state index in [1.165, 1.54) is 7.05 Å². The fourth-order valence-electron chi connectivity index (χ4n) is 1.63. The zero-order valence-electron chi connectivity index (χ0n) is 10.7. The predicted molar refractivity (Wildman–Crippen MR) is 68.0 cm³/mol. The van der Waals surface area contributed by atoms with Gasteiger partial charge in [0.1, 0.15) is 0 Å². The molecule has 0 saturated heterocycles.